The largest absolute Gasteiger partial charge is 0.330 e. The molecule has 76 valence electrons. The molecule has 0 saturated carbocycles. The first-order valence-corrected chi connectivity index (χ1v) is 5.52. The predicted molar refractivity (Wildman–Crippen MR) is 60.3 cm³/mol. The minimum atomic E-state index is 0.605. The average Bonchev–Trinajstić information content (AvgIpc) is 2.53. The van der Waals surface area contributed by atoms with Crippen LogP contribution < -0.4 is 5.73 Å². The molecular weight excluding hydrogens is 170 g/mol. The minimum absolute atomic E-state index is 0.605. The Morgan fingerprint density at radius 2 is 2.14 bits per heavy atom. The standard InChI is InChI=1S/C13H19N/c1-9-7-11-5-3-4-6-12(11)13(9)10(2)8-14/h3-6,9-10,13H,7-8,14H2,1-2H3. The smallest absolute Gasteiger partial charge is 0.00456 e. The third-order valence-electron chi connectivity index (χ3n) is 3.55. The lowest BCUT2D eigenvalue weighted by atomic mass is 9.83. The first kappa shape index (κ1) is 9.72. The fourth-order valence-corrected chi connectivity index (χ4v) is 2.84. The average molecular weight is 189 g/mol. The summed E-state index contributed by atoms with van der Waals surface area (Å²) in [6, 6.07) is 8.82. The Kier molecular flexibility index (Phi) is 2.60. The van der Waals surface area contributed by atoms with Gasteiger partial charge in [-0.1, -0.05) is 38.1 Å². The lowest BCUT2D eigenvalue weighted by Crippen LogP contribution is -2.21. The van der Waals surface area contributed by atoms with E-state index in [1.54, 1.807) is 0 Å². The second kappa shape index (κ2) is 3.74. The predicted octanol–water partition coefficient (Wildman–Crippen LogP) is 2.56. The number of rotatable bonds is 2. The van der Waals surface area contributed by atoms with E-state index in [9.17, 15) is 0 Å². The molecule has 0 heterocycles. The van der Waals surface area contributed by atoms with Crippen LogP contribution in [0.4, 0.5) is 0 Å². The molecule has 1 aromatic carbocycles. The highest BCUT2D eigenvalue weighted by Gasteiger charge is 2.32. The van der Waals surface area contributed by atoms with Crippen LogP contribution in [0.3, 0.4) is 0 Å². The number of benzene rings is 1. The van der Waals surface area contributed by atoms with Gasteiger partial charge in [0.2, 0.25) is 0 Å². The van der Waals surface area contributed by atoms with Crippen molar-refractivity contribution in [1.29, 1.82) is 0 Å². The van der Waals surface area contributed by atoms with Gasteiger partial charge in [-0.2, -0.15) is 0 Å². The quantitative estimate of drug-likeness (QED) is 0.760. The molecule has 14 heavy (non-hydrogen) atoms. The van der Waals surface area contributed by atoms with E-state index in [0.717, 1.165) is 12.5 Å². The van der Waals surface area contributed by atoms with Gasteiger partial charge in [0, 0.05) is 0 Å². The van der Waals surface area contributed by atoms with Gasteiger partial charge >= 0.3 is 0 Å². The number of nitrogens with two attached hydrogens (primary N) is 1. The fourth-order valence-electron chi connectivity index (χ4n) is 2.84. The van der Waals surface area contributed by atoms with Crippen molar-refractivity contribution in [1.82, 2.24) is 0 Å². The van der Waals surface area contributed by atoms with E-state index >= 15 is 0 Å². The van der Waals surface area contributed by atoms with Crippen molar-refractivity contribution in [2.24, 2.45) is 17.6 Å². The normalized spacial score (nSPS) is 27.4. The maximum Gasteiger partial charge on any atom is -0.00456 e. The third kappa shape index (κ3) is 1.46. The fraction of sp³-hybridized carbons (Fsp3) is 0.538. The van der Waals surface area contributed by atoms with Crippen molar-refractivity contribution >= 4 is 0 Å². The highest BCUT2D eigenvalue weighted by atomic mass is 14.6. The van der Waals surface area contributed by atoms with Crippen LogP contribution in [0.25, 0.3) is 0 Å². The van der Waals surface area contributed by atoms with Gasteiger partial charge in [0.05, 0.1) is 0 Å². The van der Waals surface area contributed by atoms with Crippen LogP contribution in [0.2, 0.25) is 0 Å². The van der Waals surface area contributed by atoms with Crippen LogP contribution in [0.15, 0.2) is 24.3 Å². The van der Waals surface area contributed by atoms with E-state index in [1.165, 1.54) is 17.5 Å². The molecular formula is C13H19N. The van der Waals surface area contributed by atoms with Gasteiger partial charge < -0.3 is 5.73 Å². The van der Waals surface area contributed by atoms with E-state index in [0.29, 0.717) is 11.8 Å². The summed E-state index contributed by atoms with van der Waals surface area (Å²) in [5.41, 5.74) is 8.84. The first-order chi connectivity index (χ1) is 6.74. The zero-order chi connectivity index (χ0) is 10.1. The summed E-state index contributed by atoms with van der Waals surface area (Å²) in [6.07, 6.45) is 1.23. The second-order valence-corrected chi connectivity index (χ2v) is 4.62. The minimum Gasteiger partial charge on any atom is -0.330 e. The summed E-state index contributed by atoms with van der Waals surface area (Å²) in [5, 5.41) is 0. The van der Waals surface area contributed by atoms with Gasteiger partial charge in [0.1, 0.15) is 0 Å². The van der Waals surface area contributed by atoms with Crippen LogP contribution >= 0.6 is 0 Å². The summed E-state index contributed by atoms with van der Waals surface area (Å²) >= 11 is 0. The molecule has 0 radical (unpaired) electrons. The topological polar surface area (TPSA) is 26.0 Å². The van der Waals surface area contributed by atoms with Crippen molar-refractivity contribution in [2.45, 2.75) is 26.2 Å². The Balaban J connectivity index is 2.34. The van der Waals surface area contributed by atoms with Gasteiger partial charge in [-0.3, -0.25) is 0 Å². The maximum atomic E-state index is 5.77. The van der Waals surface area contributed by atoms with Crippen molar-refractivity contribution < 1.29 is 0 Å². The van der Waals surface area contributed by atoms with Gasteiger partial charge in [0.15, 0.2) is 0 Å². The Bertz CT molecular complexity index is 315. The molecule has 0 aliphatic heterocycles. The van der Waals surface area contributed by atoms with E-state index in [-0.39, 0.29) is 0 Å². The third-order valence-corrected chi connectivity index (χ3v) is 3.55. The molecule has 3 unspecified atom stereocenters. The Morgan fingerprint density at radius 3 is 2.86 bits per heavy atom. The molecule has 0 saturated heterocycles. The van der Waals surface area contributed by atoms with Crippen molar-refractivity contribution in [3.63, 3.8) is 0 Å². The van der Waals surface area contributed by atoms with Crippen LogP contribution in [0, 0.1) is 11.8 Å². The van der Waals surface area contributed by atoms with Crippen LogP contribution in [-0.2, 0) is 6.42 Å². The molecule has 0 spiro atoms. The zero-order valence-corrected chi connectivity index (χ0v) is 9.03. The number of hydrogen-bond donors (Lipinski definition) is 1. The van der Waals surface area contributed by atoms with Crippen LogP contribution in [-0.4, -0.2) is 6.54 Å². The highest BCUT2D eigenvalue weighted by Crippen LogP contribution is 2.41. The molecule has 2 rings (SSSR count). The van der Waals surface area contributed by atoms with Crippen molar-refractivity contribution in [3.05, 3.63) is 35.4 Å². The zero-order valence-electron chi connectivity index (χ0n) is 9.03. The van der Waals surface area contributed by atoms with Crippen LogP contribution in [0.5, 0.6) is 0 Å². The Morgan fingerprint density at radius 1 is 1.43 bits per heavy atom. The van der Waals surface area contributed by atoms with E-state index in [4.69, 9.17) is 5.73 Å². The molecule has 1 heteroatoms. The molecule has 1 aromatic rings. The van der Waals surface area contributed by atoms with Gasteiger partial charge in [-0.15, -0.1) is 0 Å². The number of hydrogen-bond acceptors (Lipinski definition) is 1. The molecule has 0 fully saturated rings. The Labute approximate surface area is 86.3 Å². The van der Waals surface area contributed by atoms with E-state index in [1.807, 2.05) is 0 Å². The molecule has 1 aliphatic carbocycles. The summed E-state index contributed by atoms with van der Waals surface area (Å²) in [5.74, 6) is 2.04. The van der Waals surface area contributed by atoms with Crippen molar-refractivity contribution in [3.8, 4) is 0 Å². The molecule has 0 aromatic heterocycles. The van der Waals surface area contributed by atoms with Crippen LogP contribution in [0.1, 0.15) is 30.9 Å². The van der Waals surface area contributed by atoms with E-state index in [2.05, 4.69) is 38.1 Å². The first-order valence-electron chi connectivity index (χ1n) is 5.52. The monoisotopic (exact) mass is 189 g/mol. The van der Waals surface area contributed by atoms with Crippen molar-refractivity contribution in [2.75, 3.05) is 6.54 Å². The van der Waals surface area contributed by atoms with E-state index < -0.39 is 0 Å². The maximum absolute atomic E-state index is 5.77. The molecule has 1 nitrogen and oxygen atoms in total. The second-order valence-electron chi connectivity index (χ2n) is 4.62. The molecule has 0 bridgehead atoms. The molecule has 0 amide bonds. The molecule has 1 aliphatic rings. The highest BCUT2D eigenvalue weighted by molar-refractivity contribution is 5.36. The van der Waals surface area contributed by atoms with Gasteiger partial charge in [-0.05, 0) is 41.8 Å². The lowest BCUT2D eigenvalue weighted by Gasteiger charge is -2.23. The molecule has 2 N–H and O–H groups in total. The Hall–Kier alpha value is -0.820. The number of fused-ring (bicyclic) bond motifs is 1. The summed E-state index contributed by atoms with van der Waals surface area (Å²) in [7, 11) is 0. The SMILES string of the molecule is CC(CN)C1c2ccccc2CC1C. The summed E-state index contributed by atoms with van der Waals surface area (Å²) in [4.78, 5) is 0. The molecule has 3 atom stereocenters. The lowest BCUT2D eigenvalue weighted by molar-refractivity contribution is 0.376. The van der Waals surface area contributed by atoms with Gasteiger partial charge in [0.25, 0.3) is 0 Å². The van der Waals surface area contributed by atoms with Gasteiger partial charge in [-0.25, -0.2) is 0 Å². The summed E-state index contributed by atoms with van der Waals surface area (Å²) in [6.45, 7) is 5.41. The summed E-state index contributed by atoms with van der Waals surface area (Å²) < 4.78 is 0.